The summed E-state index contributed by atoms with van der Waals surface area (Å²) in [4.78, 5) is 0. The van der Waals surface area contributed by atoms with Gasteiger partial charge in [0.1, 0.15) is 0 Å². The quantitative estimate of drug-likeness (QED) is 0.872. The largest absolute Gasteiger partial charge is 0.325 e. The molecular weight excluding hydrogens is 250 g/mol. The lowest BCUT2D eigenvalue weighted by Crippen LogP contribution is -2.39. The summed E-state index contributed by atoms with van der Waals surface area (Å²) in [6.07, 6.45) is 4.64. The molecule has 2 atom stereocenters. The summed E-state index contributed by atoms with van der Waals surface area (Å²) >= 11 is 3.45. The van der Waals surface area contributed by atoms with Crippen LogP contribution in [0.4, 0.5) is 0 Å². The van der Waals surface area contributed by atoms with Crippen LogP contribution in [0.2, 0.25) is 0 Å². The second-order valence-electron chi connectivity index (χ2n) is 5.01. The first-order chi connectivity index (χ1) is 7.07. The summed E-state index contributed by atoms with van der Waals surface area (Å²) in [7, 11) is 0. The number of rotatable bonds is 2. The fraction of sp³-hybridized carbons (Fsp3) is 0.538. The molecule has 0 amide bonds. The van der Waals surface area contributed by atoms with Crippen LogP contribution < -0.4 is 5.73 Å². The smallest absolute Gasteiger partial charge is 0.0197 e. The maximum Gasteiger partial charge on any atom is 0.0197 e. The van der Waals surface area contributed by atoms with E-state index in [1.165, 1.54) is 24.8 Å². The summed E-state index contributed by atoms with van der Waals surface area (Å²) < 4.78 is 1.14. The van der Waals surface area contributed by atoms with Crippen molar-refractivity contribution < 1.29 is 0 Å². The van der Waals surface area contributed by atoms with E-state index in [1.807, 2.05) is 0 Å². The third-order valence-electron chi connectivity index (χ3n) is 3.36. The van der Waals surface area contributed by atoms with E-state index < -0.39 is 0 Å². The lowest BCUT2D eigenvalue weighted by Gasteiger charge is -2.24. The van der Waals surface area contributed by atoms with Crippen molar-refractivity contribution in [3.8, 4) is 0 Å². The standard InChI is InChI=1S/C13H18BrN/c1-10-6-7-13(15,8-10)9-11-2-4-12(14)5-3-11/h2-5,10H,6-9,15H2,1H3. The van der Waals surface area contributed by atoms with Crippen LogP contribution >= 0.6 is 15.9 Å². The highest BCUT2D eigenvalue weighted by Crippen LogP contribution is 2.34. The molecule has 82 valence electrons. The molecule has 1 nitrogen and oxygen atoms in total. The fourth-order valence-electron chi connectivity index (χ4n) is 2.60. The van der Waals surface area contributed by atoms with Crippen molar-refractivity contribution in [3.63, 3.8) is 0 Å². The molecule has 1 aromatic carbocycles. The van der Waals surface area contributed by atoms with Crippen LogP contribution in [-0.2, 0) is 6.42 Å². The van der Waals surface area contributed by atoms with Crippen molar-refractivity contribution in [1.82, 2.24) is 0 Å². The highest BCUT2D eigenvalue weighted by molar-refractivity contribution is 9.10. The minimum atomic E-state index is 0.0489. The molecule has 2 unspecified atom stereocenters. The van der Waals surface area contributed by atoms with E-state index in [0.717, 1.165) is 16.8 Å². The monoisotopic (exact) mass is 267 g/mol. The van der Waals surface area contributed by atoms with Crippen molar-refractivity contribution in [1.29, 1.82) is 0 Å². The average molecular weight is 268 g/mol. The van der Waals surface area contributed by atoms with Gasteiger partial charge in [-0.2, -0.15) is 0 Å². The van der Waals surface area contributed by atoms with Gasteiger partial charge < -0.3 is 5.73 Å². The Morgan fingerprint density at radius 1 is 1.40 bits per heavy atom. The third kappa shape index (κ3) is 2.82. The summed E-state index contributed by atoms with van der Waals surface area (Å²) in [5, 5.41) is 0. The lowest BCUT2D eigenvalue weighted by atomic mass is 9.89. The molecule has 0 radical (unpaired) electrons. The van der Waals surface area contributed by atoms with Gasteiger partial charge in [-0.1, -0.05) is 35.0 Å². The molecule has 1 aromatic rings. The van der Waals surface area contributed by atoms with Gasteiger partial charge >= 0.3 is 0 Å². The predicted octanol–water partition coefficient (Wildman–Crippen LogP) is 3.51. The molecule has 2 heteroatoms. The second-order valence-corrected chi connectivity index (χ2v) is 5.93. The lowest BCUT2D eigenvalue weighted by molar-refractivity contribution is 0.419. The topological polar surface area (TPSA) is 26.0 Å². The minimum absolute atomic E-state index is 0.0489. The third-order valence-corrected chi connectivity index (χ3v) is 3.89. The van der Waals surface area contributed by atoms with Crippen molar-refractivity contribution in [2.45, 2.75) is 38.1 Å². The van der Waals surface area contributed by atoms with Crippen LogP contribution in [0, 0.1) is 5.92 Å². The van der Waals surface area contributed by atoms with E-state index in [4.69, 9.17) is 5.73 Å². The van der Waals surface area contributed by atoms with Gasteiger partial charge in [-0.3, -0.25) is 0 Å². The SMILES string of the molecule is CC1CCC(N)(Cc2ccc(Br)cc2)C1. The van der Waals surface area contributed by atoms with Crippen LogP contribution in [0.5, 0.6) is 0 Å². The molecule has 0 spiro atoms. The fourth-order valence-corrected chi connectivity index (χ4v) is 2.87. The van der Waals surface area contributed by atoms with Crippen LogP contribution in [0.3, 0.4) is 0 Å². The zero-order chi connectivity index (χ0) is 10.9. The van der Waals surface area contributed by atoms with Gasteiger partial charge in [-0.15, -0.1) is 0 Å². The Morgan fingerprint density at radius 3 is 2.60 bits per heavy atom. The van der Waals surface area contributed by atoms with E-state index in [1.54, 1.807) is 0 Å². The number of benzene rings is 1. The number of hydrogen-bond donors (Lipinski definition) is 1. The summed E-state index contributed by atoms with van der Waals surface area (Å²) in [5.41, 5.74) is 7.81. The normalized spacial score (nSPS) is 30.7. The molecule has 1 aliphatic carbocycles. The van der Waals surface area contributed by atoms with Gasteiger partial charge in [0.15, 0.2) is 0 Å². The zero-order valence-corrected chi connectivity index (χ0v) is 10.8. The Morgan fingerprint density at radius 2 is 2.07 bits per heavy atom. The molecule has 0 aromatic heterocycles. The first-order valence-corrected chi connectivity index (χ1v) is 6.40. The minimum Gasteiger partial charge on any atom is -0.325 e. The Hall–Kier alpha value is -0.340. The van der Waals surface area contributed by atoms with Crippen LogP contribution in [0.1, 0.15) is 31.7 Å². The van der Waals surface area contributed by atoms with Gasteiger partial charge in [0.05, 0.1) is 0 Å². The first-order valence-electron chi connectivity index (χ1n) is 5.61. The molecule has 0 saturated heterocycles. The summed E-state index contributed by atoms with van der Waals surface area (Å²) in [5.74, 6) is 0.797. The average Bonchev–Trinajstić information content (AvgIpc) is 2.50. The van der Waals surface area contributed by atoms with Crippen molar-refractivity contribution in [2.75, 3.05) is 0 Å². The predicted molar refractivity (Wildman–Crippen MR) is 67.8 cm³/mol. The van der Waals surface area contributed by atoms with E-state index in [-0.39, 0.29) is 5.54 Å². The molecule has 0 heterocycles. The van der Waals surface area contributed by atoms with Gasteiger partial charge in [0.25, 0.3) is 0 Å². The van der Waals surface area contributed by atoms with E-state index in [9.17, 15) is 0 Å². The first kappa shape index (κ1) is 11.2. The molecule has 2 rings (SSSR count). The summed E-state index contributed by atoms with van der Waals surface area (Å²) in [6, 6.07) is 8.53. The molecule has 1 saturated carbocycles. The van der Waals surface area contributed by atoms with E-state index in [2.05, 4.69) is 47.1 Å². The highest BCUT2D eigenvalue weighted by atomic mass is 79.9. The van der Waals surface area contributed by atoms with E-state index in [0.29, 0.717) is 0 Å². The Balaban J connectivity index is 2.05. The van der Waals surface area contributed by atoms with Gasteiger partial charge in [-0.25, -0.2) is 0 Å². The molecular formula is C13H18BrN. The number of halogens is 1. The Labute approximate surface area is 100 Å². The molecule has 0 bridgehead atoms. The van der Waals surface area contributed by atoms with Gasteiger partial charge in [-0.05, 0) is 49.3 Å². The zero-order valence-electron chi connectivity index (χ0n) is 9.17. The van der Waals surface area contributed by atoms with Crippen molar-refractivity contribution >= 4 is 15.9 Å². The molecule has 1 fully saturated rings. The second kappa shape index (κ2) is 4.26. The van der Waals surface area contributed by atoms with Crippen molar-refractivity contribution in [3.05, 3.63) is 34.3 Å². The Bertz CT molecular complexity index is 333. The van der Waals surface area contributed by atoms with Crippen molar-refractivity contribution in [2.24, 2.45) is 11.7 Å². The maximum absolute atomic E-state index is 6.41. The maximum atomic E-state index is 6.41. The van der Waals surface area contributed by atoms with Gasteiger partial charge in [0, 0.05) is 10.0 Å². The Kier molecular flexibility index (Phi) is 3.17. The number of nitrogens with two attached hydrogens (primary N) is 1. The molecule has 1 aliphatic rings. The van der Waals surface area contributed by atoms with Crippen LogP contribution in [-0.4, -0.2) is 5.54 Å². The molecule has 2 N–H and O–H groups in total. The molecule has 0 aliphatic heterocycles. The van der Waals surface area contributed by atoms with Crippen LogP contribution in [0.25, 0.3) is 0 Å². The van der Waals surface area contributed by atoms with E-state index >= 15 is 0 Å². The summed E-state index contributed by atoms with van der Waals surface area (Å²) in [6.45, 7) is 2.30. The highest BCUT2D eigenvalue weighted by Gasteiger charge is 2.33. The van der Waals surface area contributed by atoms with Gasteiger partial charge in [0.2, 0.25) is 0 Å². The number of hydrogen-bond acceptors (Lipinski definition) is 1. The van der Waals surface area contributed by atoms with Crippen LogP contribution in [0.15, 0.2) is 28.7 Å². The molecule has 15 heavy (non-hydrogen) atoms.